The molecule has 0 saturated carbocycles. The van der Waals surface area contributed by atoms with Gasteiger partial charge in [-0.3, -0.25) is 4.79 Å². The second kappa shape index (κ2) is 5.98. The van der Waals surface area contributed by atoms with Crippen molar-refractivity contribution in [2.24, 2.45) is 0 Å². The van der Waals surface area contributed by atoms with E-state index >= 15 is 0 Å². The number of carbonyl (C=O) groups is 1. The number of hydrogen-bond acceptors (Lipinski definition) is 3. The summed E-state index contributed by atoms with van der Waals surface area (Å²) in [5.41, 5.74) is 2.36. The standard InChI is InChI=1S/C20H19N5O/c26-20(23-11-12-24-14-21-22-19(24)13-23)9-10-25-17-7-3-1-5-15(17)16-6-2-4-8-18(16)25/h1-8,14H,9-13H2. The summed E-state index contributed by atoms with van der Waals surface area (Å²) in [4.78, 5) is 14.6. The zero-order valence-electron chi connectivity index (χ0n) is 14.4. The smallest absolute Gasteiger partial charge is 0.224 e. The van der Waals surface area contributed by atoms with Crippen molar-refractivity contribution in [1.82, 2.24) is 24.2 Å². The third-order valence-corrected chi connectivity index (χ3v) is 5.22. The van der Waals surface area contributed by atoms with Gasteiger partial charge in [0, 0.05) is 47.9 Å². The predicted molar refractivity (Wildman–Crippen MR) is 99.5 cm³/mol. The number of para-hydroxylation sites is 2. The third-order valence-electron chi connectivity index (χ3n) is 5.22. The molecule has 0 atom stereocenters. The van der Waals surface area contributed by atoms with Gasteiger partial charge < -0.3 is 14.0 Å². The van der Waals surface area contributed by atoms with Crippen LogP contribution in [-0.2, 0) is 24.4 Å². The summed E-state index contributed by atoms with van der Waals surface area (Å²) in [7, 11) is 0. The van der Waals surface area contributed by atoms with Crippen LogP contribution in [0.4, 0.5) is 0 Å². The number of aromatic nitrogens is 4. The van der Waals surface area contributed by atoms with E-state index in [2.05, 4.69) is 63.3 Å². The van der Waals surface area contributed by atoms with E-state index in [0.29, 0.717) is 19.5 Å². The van der Waals surface area contributed by atoms with Crippen molar-refractivity contribution >= 4 is 27.7 Å². The fourth-order valence-electron chi connectivity index (χ4n) is 3.89. The molecule has 5 rings (SSSR count). The summed E-state index contributed by atoms with van der Waals surface area (Å²) >= 11 is 0. The maximum absolute atomic E-state index is 12.8. The highest BCUT2D eigenvalue weighted by molar-refractivity contribution is 6.08. The summed E-state index contributed by atoms with van der Waals surface area (Å²) in [5, 5.41) is 10.5. The first-order valence-corrected chi connectivity index (χ1v) is 8.92. The van der Waals surface area contributed by atoms with Gasteiger partial charge in [-0.2, -0.15) is 0 Å². The molecule has 130 valence electrons. The minimum atomic E-state index is 0.168. The molecule has 0 spiro atoms. The number of fused-ring (bicyclic) bond motifs is 4. The summed E-state index contributed by atoms with van der Waals surface area (Å²) < 4.78 is 4.27. The van der Waals surface area contributed by atoms with Crippen LogP contribution in [0.2, 0.25) is 0 Å². The average Bonchev–Trinajstić information content (AvgIpc) is 3.28. The van der Waals surface area contributed by atoms with Crippen molar-refractivity contribution in [3.63, 3.8) is 0 Å². The van der Waals surface area contributed by atoms with Crippen molar-refractivity contribution in [3.05, 3.63) is 60.7 Å². The molecule has 0 unspecified atom stereocenters. The van der Waals surface area contributed by atoms with E-state index in [1.807, 2.05) is 9.47 Å². The van der Waals surface area contributed by atoms with Gasteiger partial charge >= 0.3 is 0 Å². The Morgan fingerprint density at radius 2 is 1.65 bits per heavy atom. The second-order valence-corrected chi connectivity index (χ2v) is 6.69. The lowest BCUT2D eigenvalue weighted by atomic mass is 10.2. The summed E-state index contributed by atoms with van der Waals surface area (Å²) in [6.07, 6.45) is 2.21. The molecule has 0 fully saturated rings. The van der Waals surface area contributed by atoms with Gasteiger partial charge in [-0.1, -0.05) is 36.4 Å². The van der Waals surface area contributed by atoms with Gasteiger partial charge in [0.05, 0.1) is 6.54 Å². The van der Waals surface area contributed by atoms with Crippen molar-refractivity contribution in [2.75, 3.05) is 6.54 Å². The molecule has 3 heterocycles. The van der Waals surface area contributed by atoms with Gasteiger partial charge in [0.15, 0.2) is 5.82 Å². The summed E-state index contributed by atoms with van der Waals surface area (Å²) in [6, 6.07) is 16.8. The van der Waals surface area contributed by atoms with Crippen LogP contribution in [0.25, 0.3) is 21.8 Å². The molecule has 0 aliphatic carbocycles. The van der Waals surface area contributed by atoms with Crippen molar-refractivity contribution in [3.8, 4) is 0 Å². The highest BCUT2D eigenvalue weighted by atomic mass is 16.2. The summed E-state index contributed by atoms with van der Waals surface area (Å²) in [5.74, 6) is 1.03. The Morgan fingerprint density at radius 1 is 0.962 bits per heavy atom. The zero-order valence-corrected chi connectivity index (χ0v) is 14.4. The number of rotatable bonds is 3. The molecule has 0 N–H and O–H groups in total. The van der Waals surface area contributed by atoms with E-state index in [4.69, 9.17) is 0 Å². The Hall–Kier alpha value is -3.15. The molecule has 6 nitrogen and oxygen atoms in total. The van der Waals surface area contributed by atoms with Crippen LogP contribution in [0.15, 0.2) is 54.9 Å². The van der Waals surface area contributed by atoms with Crippen LogP contribution < -0.4 is 0 Å². The maximum atomic E-state index is 12.8. The molecule has 1 aliphatic rings. The molecule has 4 aromatic rings. The number of carbonyl (C=O) groups excluding carboxylic acids is 1. The largest absolute Gasteiger partial charge is 0.340 e. The lowest BCUT2D eigenvalue weighted by Crippen LogP contribution is -2.38. The van der Waals surface area contributed by atoms with Gasteiger partial charge in [-0.15, -0.1) is 10.2 Å². The van der Waals surface area contributed by atoms with Gasteiger partial charge in [0.25, 0.3) is 0 Å². The topological polar surface area (TPSA) is 56.0 Å². The molecule has 0 saturated heterocycles. The number of aryl methyl sites for hydroxylation is 1. The number of hydrogen-bond donors (Lipinski definition) is 0. The van der Waals surface area contributed by atoms with E-state index in [0.717, 1.165) is 18.9 Å². The molecule has 26 heavy (non-hydrogen) atoms. The van der Waals surface area contributed by atoms with Crippen LogP contribution in [0.5, 0.6) is 0 Å². The Balaban J connectivity index is 1.41. The van der Waals surface area contributed by atoms with Crippen molar-refractivity contribution in [1.29, 1.82) is 0 Å². The quantitative estimate of drug-likeness (QED) is 0.574. The Kier molecular flexibility index (Phi) is 3.48. The molecule has 1 amide bonds. The van der Waals surface area contributed by atoms with E-state index < -0.39 is 0 Å². The minimum Gasteiger partial charge on any atom is -0.340 e. The Bertz CT molecular complexity index is 1060. The average molecular weight is 345 g/mol. The van der Waals surface area contributed by atoms with Crippen LogP contribution in [0, 0.1) is 0 Å². The molecule has 0 radical (unpaired) electrons. The van der Waals surface area contributed by atoms with Crippen LogP contribution >= 0.6 is 0 Å². The molecular weight excluding hydrogens is 326 g/mol. The fourth-order valence-corrected chi connectivity index (χ4v) is 3.89. The van der Waals surface area contributed by atoms with E-state index in [1.54, 1.807) is 6.33 Å². The molecular formula is C20H19N5O. The van der Waals surface area contributed by atoms with Crippen LogP contribution in [0.3, 0.4) is 0 Å². The SMILES string of the molecule is O=C(CCn1c2ccccc2c2ccccc21)N1CCn2cnnc2C1. The van der Waals surface area contributed by atoms with Crippen LogP contribution in [-0.4, -0.2) is 36.7 Å². The first-order valence-electron chi connectivity index (χ1n) is 8.92. The number of nitrogens with zero attached hydrogens (tertiary/aromatic N) is 5. The third kappa shape index (κ3) is 2.37. The fraction of sp³-hybridized carbons (Fsp3) is 0.250. The lowest BCUT2D eigenvalue weighted by molar-refractivity contribution is -0.132. The van der Waals surface area contributed by atoms with E-state index in [1.165, 1.54) is 21.8 Å². The lowest BCUT2D eigenvalue weighted by Gasteiger charge is -2.27. The van der Waals surface area contributed by atoms with Gasteiger partial charge in [0.2, 0.25) is 5.91 Å². The Labute approximate surface area is 150 Å². The van der Waals surface area contributed by atoms with Crippen LogP contribution in [0.1, 0.15) is 12.2 Å². The first-order chi connectivity index (χ1) is 12.8. The van der Waals surface area contributed by atoms with Gasteiger partial charge in [0.1, 0.15) is 6.33 Å². The van der Waals surface area contributed by atoms with Gasteiger partial charge in [-0.05, 0) is 12.1 Å². The zero-order chi connectivity index (χ0) is 17.5. The maximum Gasteiger partial charge on any atom is 0.224 e. The molecule has 0 bridgehead atoms. The highest BCUT2D eigenvalue weighted by Crippen LogP contribution is 2.29. The van der Waals surface area contributed by atoms with Crippen molar-refractivity contribution in [2.45, 2.75) is 26.1 Å². The molecule has 6 heteroatoms. The first kappa shape index (κ1) is 15.1. The molecule has 2 aromatic carbocycles. The van der Waals surface area contributed by atoms with E-state index in [-0.39, 0.29) is 5.91 Å². The number of amides is 1. The summed E-state index contributed by atoms with van der Waals surface area (Å²) in [6.45, 7) is 2.71. The van der Waals surface area contributed by atoms with E-state index in [9.17, 15) is 4.79 Å². The van der Waals surface area contributed by atoms with Crippen molar-refractivity contribution < 1.29 is 4.79 Å². The highest BCUT2D eigenvalue weighted by Gasteiger charge is 2.22. The normalized spacial score (nSPS) is 14.1. The van der Waals surface area contributed by atoms with Gasteiger partial charge in [-0.25, -0.2) is 0 Å². The Morgan fingerprint density at radius 3 is 2.38 bits per heavy atom. The molecule has 2 aromatic heterocycles. The molecule has 1 aliphatic heterocycles. The number of benzene rings is 2. The second-order valence-electron chi connectivity index (χ2n) is 6.69. The monoisotopic (exact) mass is 345 g/mol. The minimum absolute atomic E-state index is 0.168. The predicted octanol–water partition coefficient (Wildman–Crippen LogP) is 2.82.